The molecular weight excluding hydrogens is 430 g/mol. The van der Waals surface area contributed by atoms with Gasteiger partial charge in [0.05, 0.1) is 4.90 Å². The van der Waals surface area contributed by atoms with Crippen molar-refractivity contribution >= 4 is 26.8 Å². The van der Waals surface area contributed by atoms with Crippen molar-refractivity contribution in [3.63, 3.8) is 0 Å². The average Bonchev–Trinajstić information content (AvgIpc) is 3.56. The first-order chi connectivity index (χ1) is 15.4. The van der Waals surface area contributed by atoms with E-state index in [0.717, 1.165) is 29.3 Å². The van der Waals surface area contributed by atoms with Crippen molar-refractivity contribution in [3.05, 3.63) is 54.2 Å². The van der Waals surface area contributed by atoms with E-state index in [0.29, 0.717) is 36.0 Å². The topological polar surface area (TPSA) is 89.9 Å². The van der Waals surface area contributed by atoms with Gasteiger partial charge in [0.2, 0.25) is 22.7 Å². The smallest absolute Gasteiger partial charge is 0.243 e. The molecule has 2 aliphatic heterocycles. The third kappa shape index (κ3) is 3.71. The molecule has 1 aromatic heterocycles. The van der Waals surface area contributed by atoms with Crippen molar-refractivity contribution in [2.75, 3.05) is 19.9 Å². The molecule has 3 aromatic rings. The zero-order valence-corrected chi connectivity index (χ0v) is 18.6. The SMILES string of the molecule is C[C@H](C(=O)NCc1ccc2c(c1)OCO2)n1ccc2cc(S(=O)(=O)N3CCCC3)ccc21. The van der Waals surface area contributed by atoms with E-state index in [1.165, 1.54) is 4.31 Å². The van der Waals surface area contributed by atoms with Crippen LogP contribution in [0.4, 0.5) is 0 Å². The minimum atomic E-state index is -3.48. The number of sulfonamides is 1. The van der Waals surface area contributed by atoms with Crippen molar-refractivity contribution in [3.8, 4) is 11.5 Å². The van der Waals surface area contributed by atoms with E-state index in [1.54, 1.807) is 18.2 Å². The highest BCUT2D eigenvalue weighted by atomic mass is 32.2. The Bertz CT molecular complexity index is 1280. The van der Waals surface area contributed by atoms with Crippen molar-refractivity contribution < 1.29 is 22.7 Å². The van der Waals surface area contributed by atoms with Gasteiger partial charge in [0, 0.05) is 36.7 Å². The van der Waals surface area contributed by atoms with Crippen LogP contribution in [-0.2, 0) is 21.4 Å². The van der Waals surface area contributed by atoms with Crippen LogP contribution in [0.15, 0.2) is 53.6 Å². The molecule has 0 unspecified atom stereocenters. The largest absolute Gasteiger partial charge is 0.454 e. The second-order valence-corrected chi connectivity index (χ2v) is 10.1. The molecule has 0 radical (unpaired) electrons. The molecule has 1 fully saturated rings. The first-order valence-corrected chi connectivity index (χ1v) is 12.1. The van der Waals surface area contributed by atoms with E-state index in [4.69, 9.17) is 9.47 Å². The molecule has 0 aliphatic carbocycles. The molecule has 32 heavy (non-hydrogen) atoms. The summed E-state index contributed by atoms with van der Waals surface area (Å²) in [5.74, 6) is 1.26. The summed E-state index contributed by atoms with van der Waals surface area (Å²) in [4.78, 5) is 13.1. The number of nitrogens with zero attached hydrogens (tertiary/aromatic N) is 2. The maximum absolute atomic E-state index is 12.9. The second-order valence-electron chi connectivity index (χ2n) is 8.14. The fourth-order valence-electron chi connectivity index (χ4n) is 4.23. The van der Waals surface area contributed by atoms with Crippen molar-refractivity contribution in [2.45, 2.75) is 37.2 Å². The quantitative estimate of drug-likeness (QED) is 0.617. The summed E-state index contributed by atoms with van der Waals surface area (Å²) in [6.45, 7) is 3.55. The lowest BCUT2D eigenvalue weighted by molar-refractivity contribution is -0.123. The van der Waals surface area contributed by atoms with Gasteiger partial charge in [-0.05, 0) is 61.7 Å². The molecule has 1 saturated heterocycles. The van der Waals surface area contributed by atoms with Crippen LogP contribution in [0.3, 0.4) is 0 Å². The number of hydrogen-bond acceptors (Lipinski definition) is 5. The number of aromatic nitrogens is 1. The van der Waals surface area contributed by atoms with Gasteiger partial charge in [-0.1, -0.05) is 6.07 Å². The standard InChI is InChI=1S/C23H25N3O5S/c1-16(23(27)24-14-17-4-7-21-22(12-17)31-15-30-21)26-11-8-18-13-19(5-6-20(18)26)32(28,29)25-9-2-3-10-25/h4-8,11-13,16H,2-3,9-10,14-15H2,1H3,(H,24,27)/t16-/m1/s1. The third-order valence-electron chi connectivity index (χ3n) is 6.10. The van der Waals surface area contributed by atoms with Crippen LogP contribution in [0.5, 0.6) is 11.5 Å². The third-order valence-corrected chi connectivity index (χ3v) is 7.99. The Morgan fingerprint density at radius 3 is 2.66 bits per heavy atom. The highest BCUT2D eigenvalue weighted by Crippen LogP contribution is 2.32. The highest BCUT2D eigenvalue weighted by molar-refractivity contribution is 7.89. The normalized spacial score (nSPS) is 17.0. The van der Waals surface area contributed by atoms with E-state index in [1.807, 2.05) is 42.0 Å². The van der Waals surface area contributed by atoms with Gasteiger partial charge in [-0.2, -0.15) is 4.31 Å². The van der Waals surface area contributed by atoms with E-state index >= 15 is 0 Å². The summed E-state index contributed by atoms with van der Waals surface area (Å²) in [7, 11) is -3.48. The van der Waals surface area contributed by atoms with Gasteiger partial charge in [0.25, 0.3) is 0 Å². The summed E-state index contributed by atoms with van der Waals surface area (Å²) in [5.41, 5.74) is 1.74. The Balaban J connectivity index is 1.31. The number of hydrogen-bond donors (Lipinski definition) is 1. The van der Waals surface area contributed by atoms with Crippen LogP contribution in [0.25, 0.3) is 10.9 Å². The van der Waals surface area contributed by atoms with E-state index < -0.39 is 16.1 Å². The number of ether oxygens (including phenoxy) is 2. The zero-order chi connectivity index (χ0) is 22.3. The van der Waals surface area contributed by atoms with Crippen LogP contribution >= 0.6 is 0 Å². The number of amides is 1. The molecule has 1 atom stereocenters. The van der Waals surface area contributed by atoms with E-state index in [2.05, 4.69) is 5.32 Å². The molecule has 168 valence electrons. The lowest BCUT2D eigenvalue weighted by atomic mass is 10.2. The molecule has 9 heteroatoms. The number of nitrogens with one attached hydrogen (secondary N) is 1. The van der Waals surface area contributed by atoms with Gasteiger partial charge in [-0.25, -0.2) is 8.42 Å². The Labute approximate surface area is 186 Å². The van der Waals surface area contributed by atoms with Gasteiger partial charge in [-0.15, -0.1) is 0 Å². The first-order valence-electron chi connectivity index (χ1n) is 10.7. The average molecular weight is 456 g/mol. The molecule has 0 spiro atoms. The molecule has 5 rings (SSSR count). The van der Waals surface area contributed by atoms with E-state index in [9.17, 15) is 13.2 Å². The molecule has 0 bridgehead atoms. The maximum Gasteiger partial charge on any atom is 0.243 e. The Kier molecular flexibility index (Phi) is 5.30. The van der Waals surface area contributed by atoms with Gasteiger partial charge in [0.15, 0.2) is 11.5 Å². The predicted octanol–water partition coefficient (Wildman–Crippen LogP) is 3.03. The fourth-order valence-corrected chi connectivity index (χ4v) is 5.78. The van der Waals surface area contributed by atoms with Crippen LogP contribution < -0.4 is 14.8 Å². The number of fused-ring (bicyclic) bond motifs is 2. The Hall–Kier alpha value is -3.04. The summed E-state index contributed by atoms with van der Waals surface area (Å²) < 4.78 is 39.8. The Morgan fingerprint density at radius 2 is 1.84 bits per heavy atom. The number of carbonyl (C=O) groups is 1. The number of rotatable bonds is 6. The molecule has 2 aromatic carbocycles. The van der Waals surface area contributed by atoms with E-state index in [-0.39, 0.29) is 12.7 Å². The first kappa shape index (κ1) is 20.8. The zero-order valence-electron chi connectivity index (χ0n) is 17.8. The lowest BCUT2D eigenvalue weighted by Gasteiger charge is -2.17. The Morgan fingerprint density at radius 1 is 1.06 bits per heavy atom. The molecule has 8 nitrogen and oxygen atoms in total. The minimum Gasteiger partial charge on any atom is -0.454 e. The predicted molar refractivity (Wildman–Crippen MR) is 119 cm³/mol. The molecule has 2 aliphatic rings. The summed E-state index contributed by atoms with van der Waals surface area (Å²) >= 11 is 0. The van der Waals surface area contributed by atoms with Gasteiger partial charge < -0.3 is 19.4 Å². The second kappa shape index (κ2) is 8.14. The summed E-state index contributed by atoms with van der Waals surface area (Å²) in [5, 5.41) is 3.75. The van der Waals surface area contributed by atoms with Gasteiger partial charge >= 0.3 is 0 Å². The van der Waals surface area contributed by atoms with Crippen molar-refractivity contribution in [1.82, 2.24) is 14.2 Å². The van der Waals surface area contributed by atoms with Gasteiger partial charge in [0.1, 0.15) is 6.04 Å². The van der Waals surface area contributed by atoms with Crippen molar-refractivity contribution in [2.24, 2.45) is 0 Å². The number of carbonyl (C=O) groups excluding carboxylic acids is 1. The molecular formula is C23H25N3O5S. The van der Waals surface area contributed by atoms with Crippen LogP contribution in [0.1, 0.15) is 31.4 Å². The number of benzene rings is 2. The monoisotopic (exact) mass is 455 g/mol. The van der Waals surface area contributed by atoms with Crippen LogP contribution in [-0.4, -0.2) is 43.1 Å². The molecule has 1 amide bonds. The molecule has 1 N–H and O–H groups in total. The summed E-state index contributed by atoms with van der Waals surface area (Å²) in [6, 6.07) is 12.1. The van der Waals surface area contributed by atoms with Crippen LogP contribution in [0.2, 0.25) is 0 Å². The van der Waals surface area contributed by atoms with Gasteiger partial charge in [-0.3, -0.25) is 4.79 Å². The molecule has 3 heterocycles. The summed E-state index contributed by atoms with van der Waals surface area (Å²) in [6.07, 6.45) is 3.62. The minimum absolute atomic E-state index is 0.131. The maximum atomic E-state index is 12.9. The highest BCUT2D eigenvalue weighted by Gasteiger charge is 2.27. The lowest BCUT2D eigenvalue weighted by Crippen LogP contribution is -2.30. The van der Waals surface area contributed by atoms with Crippen LogP contribution in [0, 0.1) is 0 Å². The fraction of sp³-hybridized carbons (Fsp3) is 0.348. The van der Waals surface area contributed by atoms with Crippen molar-refractivity contribution in [1.29, 1.82) is 0 Å². The molecule has 0 saturated carbocycles.